The molecular formula is C24H20N6O2. The van der Waals surface area contributed by atoms with Crippen molar-refractivity contribution in [1.82, 2.24) is 25.3 Å². The van der Waals surface area contributed by atoms with Gasteiger partial charge in [-0.25, -0.2) is 4.98 Å². The van der Waals surface area contributed by atoms with Gasteiger partial charge in [0.05, 0.1) is 22.4 Å². The monoisotopic (exact) mass is 424 g/mol. The van der Waals surface area contributed by atoms with Crippen LogP contribution in [0.4, 0.5) is 5.69 Å². The van der Waals surface area contributed by atoms with Crippen LogP contribution in [-0.2, 0) is 6.42 Å². The summed E-state index contributed by atoms with van der Waals surface area (Å²) in [5.41, 5.74) is 10.6. The van der Waals surface area contributed by atoms with E-state index in [0.29, 0.717) is 46.3 Å². The van der Waals surface area contributed by atoms with Crippen LogP contribution in [0, 0.1) is 0 Å². The molecular weight excluding hydrogens is 404 g/mol. The first-order chi connectivity index (χ1) is 15.6. The molecule has 0 bridgehead atoms. The van der Waals surface area contributed by atoms with Gasteiger partial charge in [-0.05, 0) is 48.4 Å². The van der Waals surface area contributed by atoms with E-state index in [1.54, 1.807) is 36.7 Å². The summed E-state index contributed by atoms with van der Waals surface area (Å²) in [7, 11) is 0. The lowest BCUT2D eigenvalue weighted by Gasteiger charge is -2.06. The number of benzene rings is 2. The SMILES string of the molecule is Nc1c(-c2nc3ccccc3[nH]c2=O)[nH]c2ccc(C(=O)NCCc3cccnc3)cc12. The fraction of sp³-hybridized carbons (Fsp3) is 0.0833. The third-order valence-electron chi connectivity index (χ3n) is 5.36. The molecule has 0 fully saturated rings. The molecule has 0 saturated carbocycles. The number of anilines is 1. The predicted molar refractivity (Wildman–Crippen MR) is 124 cm³/mol. The quantitative estimate of drug-likeness (QED) is 0.345. The Balaban J connectivity index is 1.43. The van der Waals surface area contributed by atoms with Gasteiger partial charge < -0.3 is 21.0 Å². The molecule has 8 nitrogen and oxygen atoms in total. The zero-order valence-corrected chi connectivity index (χ0v) is 17.1. The second-order valence-electron chi connectivity index (χ2n) is 7.47. The molecule has 3 aromatic heterocycles. The van der Waals surface area contributed by atoms with Gasteiger partial charge in [-0.2, -0.15) is 0 Å². The molecule has 5 aromatic rings. The highest BCUT2D eigenvalue weighted by molar-refractivity contribution is 6.04. The molecule has 0 aliphatic rings. The summed E-state index contributed by atoms with van der Waals surface area (Å²) in [4.78, 5) is 39.8. The van der Waals surface area contributed by atoms with Gasteiger partial charge in [0.15, 0.2) is 5.69 Å². The van der Waals surface area contributed by atoms with Crippen LogP contribution in [0.5, 0.6) is 0 Å². The molecule has 5 rings (SSSR count). The predicted octanol–water partition coefficient (Wildman–Crippen LogP) is 3.02. The summed E-state index contributed by atoms with van der Waals surface area (Å²) >= 11 is 0. The lowest BCUT2D eigenvalue weighted by atomic mass is 10.1. The Hall–Kier alpha value is -4.46. The summed E-state index contributed by atoms with van der Waals surface area (Å²) in [6.45, 7) is 0.493. The van der Waals surface area contributed by atoms with Gasteiger partial charge in [0.25, 0.3) is 11.5 Å². The lowest BCUT2D eigenvalue weighted by Crippen LogP contribution is -2.25. The molecule has 0 atom stereocenters. The molecule has 0 saturated heterocycles. The Morgan fingerprint density at radius 2 is 1.91 bits per heavy atom. The number of nitrogen functional groups attached to an aromatic ring is 1. The Kier molecular flexibility index (Phi) is 4.87. The Morgan fingerprint density at radius 1 is 1.03 bits per heavy atom. The van der Waals surface area contributed by atoms with Crippen molar-refractivity contribution >= 4 is 33.5 Å². The lowest BCUT2D eigenvalue weighted by molar-refractivity contribution is 0.0954. The van der Waals surface area contributed by atoms with E-state index < -0.39 is 0 Å². The van der Waals surface area contributed by atoms with Gasteiger partial charge in [-0.1, -0.05) is 18.2 Å². The molecule has 0 aliphatic heterocycles. The topological polar surface area (TPSA) is 130 Å². The standard InChI is InChI=1S/C24H20N6O2/c25-20-16-12-15(23(31)27-11-9-14-4-3-10-26-13-14)7-8-17(16)28-21(20)22-24(32)30-19-6-2-1-5-18(19)29-22/h1-8,10,12-13,28H,9,11,25H2,(H,27,31)(H,30,32). The molecule has 2 aromatic carbocycles. The molecule has 0 radical (unpaired) electrons. The number of hydrogen-bond acceptors (Lipinski definition) is 5. The number of nitrogens with zero attached hydrogens (tertiary/aromatic N) is 2. The fourth-order valence-corrected chi connectivity index (χ4v) is 3.71. The van der Waals surface area contributed by atoms with Crippen LogP contribution < -0.4 is 16.6 Å². The summed E-state index contributed by atoms with van der Waals surface area (Å²) in [6.07, 6.45) is 4.19. The van der Waals surface area contributed by atoms with Crippen molar-refractivity contribution in [2.24, 2.45) is 0 Å². The molecule has 32 heavy (non-hydrogen) atoms. The third kappa shape index (κ3) is 3.58. The summed E-state index contributed by atoms with van der Waals surface area (Å²) < 4.78 is 0. The Morgan fingerprint density at radius 3 is 2.75 bits per heavy atom. The van der Waals surface area contributed by atoms with E-state index in [4.69, 9.17) is 5.73 Å². The minimum Gasteiger partial charge on any atom is -0.396 e. The van der Waals surface area contributed by atoms with E-state index >= 15 is 0 Å². The van der Waals surface area contributed by atoms with Gasteiger partial charge >= 0.3 is 0 Å². The van der Waals surface area contributed by atoms with Gasteiger partial charge in [0, 0.05) is 35.4 Å². The minimum absolute atomic E-state index is 0.195. The van der Waals surface area contributed by atoms with Crippen molar-refractivity contribution in [3.05, 3.63) is 88.5 Å². The first-order valence-corrected chi connectivity index (χ1v) is 10.2. The number of aromatic amines is 2. The fourth-order valence-electron chi connectivity index (χ4n) is 3.71. The molecule has 158 valence electrons. The van der Waals surface area contributed by atoms with Crippen LogP contribution in [0.25, 0.3) is 33.3 Å². The van der Waals surface area contributed by atoms with E-state index in [0.717, 1.165) is 11.1 Å². The number of amides is 1. The Labute approximate surface area is 182 Å². The van der Waals surface area contributed by atoms with Crippen LogP contribution in [0.1, 0.15) is 15.9 Å². The maximum absolute atomic E-state index is 12.6. The number of H-pyrrole nitrogens is 2. The maximum atomic E-state index is 12.6. The number of nitrogens with two attached hydrogens (primary N) is 1. The second-order valence-corrected chi connectivity index (χ2v) is 7.47. The summed E-state index contributed by atoms with van der Waals surface area (Å²) in [5.74, 6) is -0.195. The molecule has 0 aliphatic carbocycles. The van der Waals surface area contributed by atoms with Gasteiger partial charge in [-0.15, -0.1) is 0 Å². The van der Waals surface area contributed by atoms with Crippen molar-refractivity contribution in [2.45, 2.75) is 6.42 Å². The van der Waals surface area contributed by atoms with Crippen molar-refractivity contribution < 1.29 is 4.79 Å². The van der Waals surface area contributed by atoms with Crippen LogP contribution in [-0.4, -0.2) is 32.4 Å². The van der Waals surface area contributed by atoms with Crippen LogP contribution >= 0.6 is 0 Å². The molecule has 0 spiro atoms. The number of nitrogens with one attached hydrogen (secondary N) is 3. The van der Waals surface area contributed by atoms with E-state index in [-0.39, 0.29) is 17.2 Å². The number of rotatable bonds is 5. The first kappa shape index (κ1) is 19.5. The molecule has 8 heteroatoms. The van der Waals surface area contributed by atoms with Gasteiger partial charge in [0.1, 0.15) is 0 Å². The molecule has 5 N–H and O–H groups in total. The van der Waals surface area contributed by atoms with Crippen molar-refractivity contribution in [3.8, 4) is 11.4 Å². The van der Waals surface area contributed by atoms with Gasteiger partial charge in [-0.3, -0.25) is 14.6 Å². The number of aromatic nitrogens is 4. The molecule has 0 unspecified atom stereocenters. The van der Waals surface area contributed by atoms with E-state index in [1.807, 2.05) is 30.3 Å². The third-order valence-corrected chi connectivity index (χ3v) is 5.36. The molecule has 3 heterocycles. The van der Waals surface area contributed by atoms with Gasteiger partial charge in [0.2, 0.25) is 0 Å². The number of pyridine rings is 1. The maximum Gasteiger partial charge on any atom is 0.276 e. The highest BCUT2D eigenvalue weighted by Gasteiger charge is 2.17. The highest BCUT2D eigenvalue weighted by atomic mass is 16.1. The van der Waals surface area contributed by atoms with E-state index in [1.165, 1.54) is 0 Å². The first-order valence-electron chi connectivity index (χ1n) is 10.2. The minimum atomic E-state index is -0.338. The van der Waals surface area contributed by atoms with Crippen molar-refractivity contribution in [2.75, 3.05) is 12.3 Å². The number of fused-ring (bicyclic) bond motifs is 2. The highest BCUT2D eigenvalue weighted by Crippen LogP contribution is 2.31. The Bertz CT molecular complexity index is 1500. The number of para-hydroxylation sites is 2. The van der Waals surface area contributed by atoms with E-state index in [2.05, 4.69) is 25.3 Å². The zero-order valence-electron chi connectivity index (χ0n) is 17.1. The number of carbonyl (C=O) groups is 1. The van der Waals surface area contributed by atoms with E-state index in [9.17, 15) is 9.59 Å². The average molecular weight is 424 g/mol. The second kappa shape index (κ2) is 7.99. The number of hydrogen-bond donors (Lipinski definition) is 4. The normalized spacial score (nSPS) is 11.1. The summed E-state index contributed by atoms with van der Waals surface area (Å²) in [6, 6.07) is 16.4. The van der Waals surface area contributed by atoms with Crippen LogP contribution in [0.3, 0.4) is 0 Å². The largest absolute Gasteiger partial charge is 0.396 e. The van der Waals surface area contributed by atoms with Crippen molar-refractivity contribution in [3.63, 3.8) is 0 Å². The summed E-state index contributed by atoms with van der Waals surface area (Å²) in [5, 5.41) is 3.58. The average Bonchev–Trinajstić information content (AvgIpc) is 3.15. The molecule has 1 amide bonds. The van der Waals surface area contributed by atoms with Crippen molar-refractivity contribution in [1.29, 1.82) is 0 Å². The smallest absolute Gasteiger partial charge is 0.276 e. The van der Waals surface area contributed by atoms with Crippen LogP contribution in [0.15, 0.2) is 71.8 Å². The zero-order chi connectivity index (χ0) is 22.1. The number of carbonyl (C=O) groups excluding carboxylic acids is 1. The van der Waals surface area contributed by atoms with Crippen LogP contribution in [0.2, 0.25) is 0 Å².